The molecule has 0 radical (unpaired) electrons. The van der Waals surface area contributed by atoms with Gasteiger partial charge in [0.1, 0.15) is 0 Å². The van der Waals surface area contributed by atoms with Crippen molar-refractivity contribution in [2.45, 2.75) is 38.3 Å². The van der Waals surface area contributed by atoms with Crippen molar-refractivity contribution in [2.24, 2.45) is 0 Å². The van der Waals surface area contributed by atoms with Crippen LogP contribution in [0.15, 0.2) is 11.8 Å². The fourth-order valence-corrected chi connectivity index (χ4v) is 3.08. The molecule has 0 aliphatic carbocycles. The van der Waals surface area contributed by atoms with E-state index in [1.807, 2.05) is 6.26 Å². The van der Waals surface area contributed by atoms with Crippen LogP contribution in [0.2, 0.25) is 0 Å². The van der Waals surface area contributed by atoms with Crippen LogP contribution >= 0.6 is 0 Å². The Morgan fingerprint density at radius 2 is 2.26 bits per heavy atom. The van der Waals surface area contributed by atoms with Gasteiger partial charge in [-0.15, -0.1) is 0 Å². The molecule has 0 bridgehead atoms. The predicted octanol–water partition coefficient (Wildman–Crippen LogP) is 1.29. The number of nitrogens with one attached hydrogen (secondary N) is 1. The number of likely N-dealkylation sites (N-methyl/N-ethyl adjacent to an activating group) is 3. The molecule has 2 aliphatic rings. The van der Waals surface area contributed by atoms with Crippen LogP contribution in [0, 0.1) is 0 Å². The number of ether oxygens (including phenoxy) is 1. The van der Waals surface area contributed by atoms with Gasteiger partial charge in [-0.25, -0.2) is 0 Å². The summed E-state index contributed by atoms with van der Waals surface area (Å²) in [6.45, 7) is 7.63. The third kappa shape index (κ3) is 4.20. The zero-order valence-corrected chi connectivity index (χ0v) is 12.7. The molecule has 2 atom stereocenters. The highest BCUT2D eigenvalue weighted by atomic mass is 16.5. The molecule has 0 spiro atoms. The van der Waals surface area contributed by atoms with Crippen LogP contribution in [0.4, 0.5) is 0 Å². The normalized spacial score (nSPS) is 27.7. The molecule has 2 aliphatic heterocycles. The monoisotopic (exact) mass is 267 g/mol. The number of nitrogens with zero attached hydrogens (tertiary/aromatic N) is 2. The van der Waals surface area contributed by atoms with Gasteiger partial charge in [-0.1, -0.05) is 6.92 Å². The van der Waals surface area contributed by atoms with E-state index in [0.717, 1.165) is 19.6 Å². The van der Waals surface area contributed by atoms with Gasteiger partial charge in [0.2, 0.25) is 0 Å². The Balaban J connectivity index is 1.96. The van der Waals surface area contributed by atoms with Crippen LogP contribution in [0.3, 0.4) is 0 Å². The van der Waals surface area contributed by atoms with Crippen LogP contribution in [-0.2, 0) is 4.74 Å². The summed E-state index contributed by atoms with van der Waals surface area (Å²) in [6.07, 6.45) is 5.53. The summed E-state index contributed by atoms with van der Waals surface area (Å²) in [7, 11) is 4.48. The predicted molar refractivity (Wildman–Crippen MR) is 79.3 cm³/mol. The summed E-state index contributed by atoms with van der Waals surface area (Å²) in [6, 6.07) is 1.12. The van der Waals surface area contributed by atoms with E-state index in [2.05, 4.69) is 36.1 Å². The molecule has 0 aromatic carbocycles. The molecule has 1 N–H and O–H groups in total. The molecule has 2 heterocycles. The summed E-state index contributed by atoms with van der Waals surface area (Å²) in [4.78, 5) is 4.95. The van der Waals surface area contributed by atoms with Gasteiger partial charge in [0.05, 0.1) is 12.9 Å². The first-order valence-corrected chi connectivity index (χ1v) is 7.63. The fourth-order valence-electron chi connectivity index (χ4n) is 3.08. The molecule has 0 saturated carbocycles. The van der Waals surface area contributed by atoms with Crippen molar-refractivity contribution < 1.29 is 4.74 Å². The molecule has 110 valence electrons. The van der Waals surface area contributed by atoms with Gasteiger partial charge >= 0.3 is 0 Å². The van der Waals surface area contributed by atoms with E-state index in [4.69, 9.17) is 4.74 Å². The maximum atomic E-state index is 5.52. The third-order valence-corrected chi connectivity index (χ3v) is 4.35. The van der Waals surface area contributed by atoms with Gasteiger partial charge in [0.25, 0.3) is 0 Å². The van der Waals surface area contributed by atoms with E-state index < -0.39 is 0 Å². The van der Waals surface area contributed by atoms with Crippen molar-refractivity contribution >= 4 is 0 Å². The third-order valence-electron chi connectivity index (χ3n) is 4.35. The lowest BCUT2D eigenvalue weighted by molar-refractivity contribution is 0.102. The summed E-state index contributed by atoms with van der Waals surface area (Å²) in [5.74, 6) is 0. The van der Waals surface area contributed by atoms with Crippen molar-refractivity contribution in [3.8, 4) is 0 Å². The molecule has 0 aromatic heterocycles. The second-order valence-electron chi connectivity index (χ2n) is 5.91. The first kappa shape index (κ1) is 14.8. The minimum absolute atomic E-state index is 0.476. The minimum atomic E-state index is 0.476. The lowest BCUT2D eigenvalue weighted by Crippen LogP contribution is -2.52. The van der Waals surface area contributed by atoms with Gasteiger partial charge in [-0.2, -0.15) is 0 Å². The topological polar surface area (TPSA) is 27.7 Å². The first-order chi connectivity index (χ1) is 9.20. The average Bonchev–Trinajstić information content (AvgIpc) is 2.43. The number of rotatable bonds is 5. The molecule has 0 amide bonds. The Morgan fingerprint density at radius 1 is 1.42 bits per heavy atom. The first-order valence-electron chi connectivity index (χ1n) is 7.63. The van der Waals surface area contributed by atoms with Crippen molar-refractivity contribution in [1.29, 1.82) is 0 Å². The van der Waals surface area contributed by atoms with E-state index in [0.29, 0.717) is 12.1 Å². The zero-order chi connectivity index (χ0) is 13.7. The van der Waals surface area contributed by atoms with Crippen LogP contribution in [0.25, 0.3) is 0 Å². The molecule has 2 unspecified atom stereocenters. The lowest BCUT2D eigenvalue weighted by Gasteiger charge is -2.40. The minimum Gasteiger partial charge on any atom is -0.501 e. The van der Waals surface area contributed by atoms with E-state index in [9.17, 15) is 0 Å². The molecule has 2 rings (SSSR count). The second kappa shape index (κ2) is 7.27. The van der Waals surface area contributed by atoms with E-state index in [1.165, 1.54) is 38.0 Å². The van der Waals surface area contributed by atoms with Gasteiger partial charge in [0.15, 0.2) is 0 Å². The summed E-state index contributed by atoms with van der Waals surface area (Å²) in [5, 5.41) is 3.64. The Hall–Kier alpha value is -0.580. The van der Waals surface area contributed by atoms with Crippen LogP contribution in [0.5, 0.6) is 0 Å². The second-order valence-corrected chi connectivity index (χ2v) is 5.91. The van der Waals surface area contributed by atoms with E-state index in [1.54, 1.807) is 0 Å². The zero-order valence-electron chi connectivity index (χ0n) is 12.7. The van der Waals surface area contributed by atoms with E-state index in [-0.39, 0.29) is 0 Å². The molecular weight excluding hydrogens is 238 g/mol. The number of hydrogen-bond acceptors (Lipinski definition) is 4. The Kier molecular flexibility index (Phi) is 5.67. The number of hydrogen-bond donors (Lipinski definition) is 1. The highest BCUT2D eigenvalue weighted by Crippen LogP contribution is 2.21. The summed E-state index contributed by atoms with van der Waals surface area (Å²) >= 11 is 0. The fraction of sp³-hybridized carbons (Fsp3) is 0.867. The maximum absolute atomic E-state index is 5.52. The van der Waals surface area contributed by atoms with Crippen molar-refractivity contribution in [1.82, 2.24) is 15.1 Å². The highest BCUT2D eigenvalue weighted by Gasteiger charge is 2.27. The largest absolute Gasteiger partial charge is 0.501 e. The van der Waals surface area contributed by atoms with E-state index >= 15 is 0 Å². The summed E-state index contributed by atoms with van der Waals surface area (Å²) in [5.41, 5.74) is 1.45. The quantitative estimate of drug-likeness (QED) is 0.812. The Labute approximate surface area is 117 Å². The molecular formula is C15H29N3O. The highest BCUT2D eigenvalue weighted by molar-refractivity contribution is 5.11. The van der Waals surface area contributed by atoms with Gasteiger partial charge in [0, 0.05) is 31.7 Å². The van der Waals surface area contributed by atoms with Gasteiger partial charge in [-0.3, -0.25) is 0 Å². The molecule has 0 aromatic rings. The van der Waals surface area contributed by atoms with Crippen molar-refractivity contribution in [3.05, 3.63) is 11.8 Å². The Morgan fingerprint density at radius 3 is 2.95 bits per heavy atom. The lowest BCUT2D eigenvalue weighted by atomic mass is 9.94. The van der Waals surface area contributed by atoms with Gasteiger partial charge in [-0.05, 0) is 45.5 Å². The van der Waals surface area contributed by atoms with Crippen molar-refractivity contribution in [2.75, 3.05) is 46.9 Å². The van der Waals surface area contributed by atoms with Crippen LogP contribution in [-0.4, -0.2) is 68.8 Å². The van der Waals surface area contributed by atoms with Crippen LogP contribution < -0.4 is 5.32 Å². The standard InChI is InChI=1S/C15H29N3O/c1-4-16-15(13-6-5-9-19-12-13)10-14-11-17(2)7-8-18(14)3/h12,14-16H,4-11H2,1-3H3. The number of piperazine rings is 1. The smallest absolute Gasteiger partial charge is 0.0876 e. The molecule has 4 nitrogen and oxygen atoms in total. The average molecular weight is 267 g/mol. The summed E-state index contributed by atoms with van der Waals surface area (Å²) < 4.78 is 5.52. The van der Waals surface area contributed by atoms with Gasteiger partial charge < -0.3 is 19.9 Å². The molecule has 19 heavy (non-hydrogen) atoms. The molecule has 1 saturated heterocycles. The van der Waals surface area contributed by atoms with Crippen molar-refractivity contribution in [3.63, 3.8) is 0 Å². The maximum Gasteiger partial charge on any atom is 0.0876 e. The Bertz CT molecular complexity index is 306. The molecule has 4 heteroatoms. The SMILES string of the molecule is CCNC(CC1CN(C)CCN1C)C1=COCCC1. The molecule has 1 fully saturated rings. The van der Waals surface area contributed by atoms with Crippen LogP contribution in [0.1, 0.15) is 26.2 Å².